The number of aromatic nitrogens is 1. The summed E-state index contributed by atoms with van der Waals surface area (Å²) >= 11 is 0. The van der Waals surface area contributed by atoms with Crippen molar-refractivity contribution in [2.45, 2.75) is 12.5 Å². The SMILES string of the molecule is CN(CC(=O)O)C(=O)C(N)Cc1c[nH]c2ccccc12. The smallest absolute Gasteiger partial charge is 0.323 e. The summed E-state index contributed by atoms with van der Waals surface area (Å²) in [6, 6.07) is 7.00. The van der Waals surface area contributed by atoms with Gasteiger partial charge in [-0.3, -0.25) is 9.59 Å². The van der Waals surface area contributed by atoms with Crippen molar-refractivity contribution in [3.63, 3.8) is 0 Å². The van der Waals surface area contributed by atoms with E-state index >= 15 is 0 Å². The summed E-state index contributed by atoms with van der Waals surface area (Å²) in [5.41, 5.74) is 7.81. The highest BCUT2D eigenvalue weighted by atomic mass is 16.4. The minimum absolute atomic E-state index is 0.347. The lowest BCUT2D eigenvalue weighted by molar-refractivity contribution is -0.143. The Morgan fingerprint density at radius 1 is 1.40 bits per heavy atom. The van der Waals surface area contributed by atoms with Crippen LogP contribution in [0.2, 0.25) is 0 Å². The number of aliphatic carboxylic acids is 1. The minimum atomic E-state index is -1.06. The summed E-state index contributed by atoms with van der Waals surface area (Å²) in [5.74, 6) is -1.43. The monoisotopic (exact) mass is 275 g/mol. The molecule has 0 aliphatic heterocycles. The van der Waals surface area contributed by atoms with Gasteiger partial charge in [-0.15, -0.1) is 0 Å². The molecule has 2 aromatic rings. The Bertz CT molecular complexity index is 635. The fourth-order valence-corrected chi connectivity index (χ4v) is 2.19. The summed E-state index contributed by atoms with van der Waals surface area (Å²) in [7, 11) is 1.44. The Morgan fingerprint density at radius 3 is 2.80 bits per heavy atom. The fourth-order valence-electron chi connectivity index (χ4n) is 2.19. The van der Waals surface area contributed by atoms with Gasteiger partial charge in [0.05, 0.1) is 6.04 Å². The van der Waals surface area contributed by atoms with E-state index in [4.69, 9.17) is 10.8 Å². The topological polar surface area (TPSA) is 99.4 Å². The van der Waals surface area contributed by atoms with Gasteiger partial charge in [-0.1, -0.05) is 18.2 Å². The number of carbonyl (C=O) groups is 2. The molecule has 1 amide bonds. The van der Waals surface area contributed by atoms with Crippen molar-refractivity contribution in [3.05, 3.63) is 36.0 Å². The van der Waals surface area contributed by atoms with Crippen LogP contribution in [0.4, 0.5) is 0 Å². The Kier molecular flexibility index (Phi) is 4.05. The second-order valence-electron chi connectivity index (χ2n) is 4.76. The zero-order chi connectivity index (χ0) is 14.7. The number of nitrogens with zero attached hydrogens (tertiary/aromatic N) is 1. The van der Waals surface area contributed by atoms with E-state index < -0.39 is 12.0 Å². The zero-order valence-electron chi connectivity index (χ0n) is 11.2. The minimum Gasteiger partial charge on any atom is -0.480 e. The normalized spacial score (nSPS) is 12.3. The molecule has 6 nitrogen and oxygen atoms in total. The number of fused-ring (bicyclic) bond motifs is 1. The first-order valence-corrected chi connectivity index (χ1v) is 6.26. The van der Waals surface area contributed by atoms with Gasteiger partial charge in [-0.2, -0.15) is 0 Å². The van der Waals surface area contributed by atoms with Gasteiger partial charge >= 0.3 is 5.97 Å². The molecule has 0 saturated heterocycles. The molecule has 0 aliphatic rings. The van der Waals surface area contributed by atoms with Crippen molar-refractivity contribution in [1.29, 1.82) is 0 Å². The lowest BCUT2D eigenvalue weighted by Crippen LogP contribution is -2.44. The van der Waals surface area contributed by atoms with Gasteiger partial charge in [0.15, 0.2) is 0 Å². The van der Waals surface area contributed by atoms with Crippen LogP contribution in [0, 0.1) is 0 Å². The standard InChI is InChI=1S/C14H17N3O3/c1-17(8-13(18)19)14(20)11(15)6-9-7-16-12-5-3-2-4-10(9)12/h2-5,7,11,16H,6,8,15H2,1H3,(H,18,19). The molecule has 0 saturated carbocycles. The maximum Gasteiger partial charge on any atom is 0.323 e. The van der Waals surface area contributed by atoms with Crippen molar-refractivity contribution in [2.75, 3.05) is 13.6 Å². The van der Waals surface area contributed by atoms with Gasteiger partial charge in [0.2, 0.25) is 5.91 Å². The molecule has 0 spiro atoms. The summed E-state index contributed by atoms with van der Waals surface area (Å²) in [6.07, 6.45) is 2.20. The van der Waals surface area contributed by atoms with E-state index in [1.165, 1.54) is 7.05 Å². The molecule has 0 fully saturated rings. The second kappa shape index (κ2) is 5.75. The van der Waals surface area contributed by atoms with Crippen LogP contribution >= 0.6 is 0 Å². The average Bonchev–Trinajstić information content (AvgIpc) is 2.80. The molecule has 0 radical (unpaired) electrons. The number of carboxylic acid groups (broad SMARTS) is 1. The van der Waals surface area contributed by atoms with Gasteiger partial charge in [-0.25, -0.2) is 0 Å². The number of rotatable bonds is 5. The molecule has 1 atom stereocenters. The second-order valence-corrected chi connectivity index (χ2v) is 4.76. The van der Waals surface area contributed by atoms with Crippen LogP contribution in [-0.2, 0) is 16.0 Å². The maximum absolute atomic E-state index is 12.0. The molecule has 0 bridgehead atoms. The highest BCUT2D eigenvalue weighted by Crippen LogP contribution is 2.18. The van der Waals surface area contributed by atoms with Crippen molar-refractivity contribution >= 4 is 22.8 Å². The molecule has 1 aromatic heterocycles. The number of hydrogen-bond acceptors (Lipinski definition) is 3. The summed E-state index contributed by atoms with van der Waals surface area (Å²) < 4.78 is 0. The molecule has 1 aromatic carbocycles. The Morgan fingerprint density at radius 2 is 2.10 bits per heavy atom. The molecule has 106 valence electrons. The molecular weight excluding hydrogens is 258 g/mol. The largest absolute Gasteiger partial charge is 0.480 e. The third kappa shape index (κ3) is 2.97. The number of carbonyl (C=O) groups excluding carboxylic acids is 1. The number of aromatic amines is 1. The predicted octanol–water partition coefficient (Wildman–Crippen LogP) is 0.581. The van der Waals surface area contributed by atoms with Crippen molar-refractivity contribution in [3.8, 4) is 0 Å². The number of nitrogens with two attached hydrogens (primary N) is 1. The Balaban J connectivity index is 2.09. The number of nitrogens with one attached hydrogen (secondary N) is 1. The molecular formula is C14H17N3O3. The maximum atomic E-state index is 12.0. The molecule has 6 heteroatoms. The number of H-pyrrole nitrogens is 1. The first-order chi connectivity index (χ1) is 9.49. The Labute approximate surface area is 116 Å². The van der Waals surface area contributed by atoms with Crippen molar-refractivity contribution in [2.24, 2.45) is 5.73 Å². The van der Waals surface area contributed by atoms with Crippen LogP contribution in [0.3, 0.4) is 0 Å². The summed E-state index contributed by atoms with van der Waals surface area (Å²) in [5, 5.41) is 9.70. The van der Waals surface area contributed by atoms with Crippen LogP contribution in [0.15, 0.2) is 30.5 Å². The predicted molar refractivity (Wildman–Crippen MR) is 75.3 cm³/mol. The van der Waals surface area contributed by atoms with E-state index in [9.17, 15) is 9.59 Å². The highest BCUT2D eigenvalue weighted by Gasteiger charge is 2.21. The van der Waals surface area contributed by atoms with E-state index in [2.05, 4.69) is 4.98 Å². The van der Waals surface area contributed by atoms with Crippen LogP contribution in [-0.4, -0.2) is 46.5 Å². The first kappa shape index (κ1) is 14.1. The molecule has 1 heterocycles. The molecule has 20 heavy (non-hydrogen) atoms. The van der Waals surface area contributed by atoms with Gasteiger partial charge in [0.25, 0.3) is 0 Å². The average molecular weight is 275 g/mol. The zero-order valence-corrected chi connectivity index (χ0v) is 11.2. The number of amides is 1. The molecule has 0 aliphatic carbocycles. The third-order valence-corrected chi connectivity index (χ3v) is 3.18. The van der Waals surface area contributed by atoms with E-state index in [0.29, 0.717) is 6.42 Å². The van der Waals surface area contributed by atoms with Gasteiger partial charge in [-0.05, 0) is 18.1 Å². The van der Waals surface area contributed by atoms with Crippen molar-refractivity contribution in [1.82, 2.24) is 9.88 Å². The van der Waals surface area contributed by atoms with Crippen LogP contribution < -0.4 is 5.73 Å². The van der Waals surface area contributed by atoms with E-state index in [-0.39, 0.29) is 12.5 Å². The Hall–Kier alpha value is -2.34. The van der Waals surface area contributed by atoms with Gasteiger partial charge < -0.3 is 20.7 Å². The number of carboxylic acids is 1. The lowest BCUT2D eigenvalue weighted by atomic mass is 10.0. The molecule has 4 N–H and O–H groups in total. The summed E-state index contributed by atoms with van der Waals surface area (Å²) in [6.45, 7) is -0.347. The first-order valence-electron chi connectivity index (χ1n) is 6.26. The van der Waals surface area contributed by atoms with E-state index in [1.54, 1.807) is 0 Å². The van der Waals surface area contributed by atoms with Gasteiger partial charge in [0, 0.05) is 24.1 Å². The quantitative estimate of drug-likeness (QED) is 0.743. The molecule has 1 unspecified atom stereocenters. The van der Waals surface area contributed by atoms with Gasteiger partial charge in [0.1, 0.15) is 6.54 Å². The number of likely N-dealkylation sites (N-methyl/N-ethyl adjacent to an activating group) is 1. The molecule has 2 rings (SSSR count). The third-order valence-electron chi connectivity index (χ3n) is 3.18. The van der Waals surface area contributed by atoms with Crippen LogP contribution in [0.25, 0.3) is 10.9 Å². The highest BCUT2D eigenvalue weighted by molar-refractivity contribution is 5.87. The number of para-hydroxylation sites is 1. The fraction of sp³-hybridized carbons (Fsp3) is 0.286. The van der Waals surface area contributed by atoms with E-state index in [0.717, 1.165) is 21.4 Å². The summed E-state index contributed by atoms with van der Waals surface area (Å²) in [4.78, 5) is 26.8. The number of hydrogen-bond donors (Lipinski definition) is 3. The van der Waals surface area contributed by atoms with Crippen LogP contribution in [0.5, 0.6) is 0 Å². The van der Waals surface area contributed by atoms with Crippen molar-refractivity contribution < 1.29 is 14.7 Å². The lowest BCUT2D eigenvalue weighted by Gasteiger charge is -2.19. The van der Waals surface area contributed by atoms with E-state index in [1.807, 2.05) is 30.5 Å². The number of benzene rings is 1. The van der Waals surface area contributed by atoms with Crippen LogP contribution in [0.1, 0.15) is 5.56 Å².